The molecule has 0 aliphatic carbocycles. The Morgan fingerprint density at radius 3 is 2.19 bits per heavy atom. The average Bonchev–Trinajstić information content (AvgIpc) is 2.54. The molecule has 0 spiro atoms. The molecule has 0 saturated carbocycles. The Kier molecular flexibility index (Phi) is 7.42. The Hall–Kier alpha value is -1.44. The van der Waals surface area contributed by atoms with Crippen molar-refractivity contribution in [1.82, 2.24) is 14.5 Å². The zero-order chi connectivity index (χ0) is 20.2. The summed E-state index contributed by atoms with van der Waals surface area (Å²) in [7, 11) is -3.51. The number of sulfonamides is 1. The van der Waals surface area contributed by atoms with Gasteiger partial charge in [0, 0.05) is 32.2 Å². The quantitative estimate of drug-likeness (QED) is 0.769. The van der Waals surface area contributed by atoms with Gasteiger partial charge >= 0.3 is 0 Å². The Morgan fingerprint density at radius 2 is 1.67 bits per heavy atom. The van der Waals surface area contributed by atoms with Gasteiger partial charge in [-0.25, -0.2) is 8.42 Å². The topological polar surface area (TPSA) is 69.7 Å². The summed E-state index contributed by atoms with van der Waals surface area (Å²) in [6.45, 7) is 12.1. The summed E-state index contributed by atoms with van der Waals surface area (Å²) in [6, 6.07) is 4.01. The van der Waals surface area contributed by atoms with Gasteiger partial charge in [-0.05, 0) is 45.2 Å². The predicted octanol–water partition coefficient (Wildman–Crippen LogP) is 2.22. The first kappa shape index (κ1) is 21.9. The second-order valence-corrected chi connectivity index (χ2v) is 9.54. The van der Waals surface area contributed by atoms with Crippen LogP contribution in [0.1, 0.15) is 43.4 Å². The van der Waals surface area contributed by atoms with Crippen molar-refractivity contribution in [2.24, 2.45) is 0 Å². The number of benzene rings is 1. The Bertz CT molecular complexity index is 746. The van der Waals surface area contributed by atoms with Gasteiger partial charge in [0.25, 0.3) is 0 Å². The number of nitrogens with zero attached hydrogens (tertiary/aromatic N) is 2. The lowest BCUT2D eigenvalue weighted by molar-refractivity contribution is -0.123. The van der Waals surface area contributed by atoms with Gasteiger partial charge in [0.05, 0.1) is 11.4 Å². The predicted molar refractivity (Wildman–Crippen MR) is 108 cm³/mol. The molecule has 27 heavy (non-hydrogen) atoms. The van der Waals surface area contributed by atoms with E-state index >= 15 is 0 Å². The van der Waals surface area contributed by atoms with Crippen molar-refractivity contribution in [3.05, 3.63) is 28.8 Å². The normalized spacial score (nSPS) is 17.7. The van der Waals surface area contributed by atoms with Crippen molar-refractivity contribution in [3.8, 4) is 0 Å². The fraction of sp³-hybridized carbons (Fsp3) is 0.650. The molecule has 152 valence electrons. The number of piperazine rings is 1. The molecule has 0 unspecified atom stereocenters. The lowest BCUT2D eigenvalue weighted by atomic mass is 10.1. The molecule has 0 aromatic heterocycles. The van der Waals surface area contributed by atoms with Gasteiger partial charge in [-0.3, -0.25) is 9.69 Å². The van der Waals surface area contributed by atoms with E-state index in [0.717, 1.165) is 29.5 Å². The molecule has 1 saturated heterocycles. The maximum Gasteiger partial charge on any atom is 0.243 e. The third kappa shape index (κ3) is 5.53. The summed E-state index contributed by atoms with van der Waals surface area (Å²) < 4.78 is 27.8. The Morgan fingerprint density at radius 1 is 1.11 bits per heavy atom. The van der Waals surface area contributed by atoms with Crippen LogP contribution < -0.4 is 5.32 Å². The number of carbonyl (C=O) groups excluding carboxylic acids is 1. The number of aryl methyl sites for hydroxylation is 3. The highest BCUT2D eigenvalue weighted by Crippen LogP contribution is 2.26. The molecule has 1 aliphatic heterocycles. The first-order valence-corrected chi connectivity index (χ1v) is 11.2. The highest BCUT2D eigenvalue weighted by atomic mass is 32.2. The van der Waals surface area contributed by atoms with Gasteiger partial charge in [0.1, 0.15) is 0 Å². The zero-order valence-electron chi connectivity index (χ0n) is 17.2. The van der Waals surface area contributed by atoms with Crippen LogP contribution in [-0.2, 0) is 14.8 Å². The monoisotopic (exact) mass is 395 g/mol. The molecular weight excluding hydrogens is 362 g/mol. The molecule has 1 aromatic rings. The van der Waals surface area contributed by atoms with E-state index in [1.165, 1.54) is 0 Å². The molecule has 1 aromatic carbocycles. The van der Waals surface area contributed by atoms with E-state index in [-0.39, 0.29) is 11.9 Å². The molecule has 0 radical (unpaired) electrons. The van der Waals surface area contributed by atoms with Gasteiger partial charge in [0.2, 0.25) is 15.9 Å². The summed E-state index contributed by atoms with van der Waals surface area (Å²) in [5.41, 5.74) is 2.65. The maximum atomic E-state index is 13.1. The summed E-state index contributed by atoms with van der Waals surface area (Å²) >= 11 is 0. The SMILES string of the molecule is CCC[C@@H](C)NC(=O)CN1CCN(S(=O)(=O)c2c(C)cc(C)cc2C)CC1. The van der Waals surface area contributed by atoms with Crippen LogP contribution >= 0.6 is 0 Å². The lowest BCUT2D eigenvalue weighted by Gasteiger charge is -2.34. The van der Waals surface area contributed by atoms with Crippen molar-refractivity contribution >= 4 is 15.9 Å². The highest BCUT2D eigenvalue weighted by molar-refractivity contribution is 7.89. The van der Waals surface area contributed by atoms with E-state index in [2.05, 4.69) is 12.2 Å². The summed E-state index contributed by atoms with van der Waals surface area (Å²) in [4.78, 5) is 14.6. The smallest absolute Gasteiger partial charge is 0.243 e. The van der Waals surface area contributed by atoms with Gasteiger partial charge in [0.15, 0.2) is 0 Å². The minimum atomic E-state index is -3.51. The fourth-order valence-corrected chi connectivity index (χ4v) is 5.69. The van der Waals surface area contributed by atoms with Crippen molar-refractivity contribution < 1.29 is 13.2 Å². The minimum Gasteiger partial charge on any atom is -0.353 e. The number of carbonyl (C=O) groups is 1. The van der Waals surface area contributed by atoms with E-state index in [1.54, 1.807) is 4.31 Å². The van der Waals surface area contributed by atoms with Crippen LogP contribution in [0.4, 0.5) is 0 Å². The van der Waals surface area contributed by atoms with Crippen molar-refractivity contribution in [2.45, 2.75) is 58.4 Å². The van der Waals surface area contributed by atoms with E-state index in [1.807, 2.05) is 44.7 Å². The van der Waals surface area contributed by atoms with E-state index in [9.17, 15) is 13.2 Å². The van der Waals surface area contributed by atoms with Crippen LogP contribution in [0.25, 0.3) is 0 Å². The standard InChI is InChI=1S/C20H33N3O3S/c1-6-7-18(5)21-19(24)14-22-8-10-23(11-9-22)27(25,26)20-16(3)12-15(2)13-17(20)4/h12-13,18H,6-11,14H2,1-5H3,(H,21,24)/t18-/m1/s1. The van der Waals surface area contributed by atoms with Crippen molar-refractivity contribution in [2.75, 3.05) is 32.7 Å². The van der Waals surface area contributed by atoms with Gasteiger partial charge in [-0.1, -0.05) is 31.0 Å². The summed E-state index contributed by atoms with van der Waals surface area (Å²) in [5, 5.41) is 3.00. The third-order valence-corrected chi connectivity index (χ3v) is 7.23. The van der Waals surface area contributed by atoms with Crippen LogP contribution in [-0.4, -0.2) is 62.3 Å². The fourth-order valence-electron chi connectivity index (χ4n) is 3.86. The second-order valence-electron chi connectivity index (χ2n) is 7.67. The Labute approximate surface area is 164 Å². The molecule has 7 heteroatoms. The second kappa shape index (κ2) is 9.17. The van der Waals surface area contributed by atoms with Gasteiger partial charge in [-0.15, -0.1) is 0 Å². The largest absolute Gasteiger partial charge is 0.353 e. The molecular formula is C20H33N3O3S. The molecule has 1 aliphatic rings. The van der Waals surface area contributed by atoms with Crippen LogP contribution in [0.15, 0.2) is 17.0 Å². The summed E-state index contributed by atoms with van der Waals surface area (Å²) in [6.07, 6.45) is 2.00. The van der Waals surface area contributed by atoms with E-state index in [0.29, 0.717) is 37.6 Å². The van der Waals surface area contributed by atoms with Gasteiger partial charge in [-0.2, -0.15) is 4.31 Å². The van der Waals surface area contributed by atoms with Crippen LogP contribution in [0, 0.1) is 20.8 Å². The van der Waals surface area contributed by atoms with Gasteiger partial charge < -0.3 is 5.32 Å². The van der Waals surface area contributed by atoms with E-state index in [4.69, 9.17) is 0 Å². The number of nitrogens with one attached hydrogen (secondary N) is 1. The number of hydrogen-bond acceptors (Lipinski definition) is 4. The van der Waals surface area contributed by atoms with Crippen molar-refractivity contribution in [3.63, 3.8) is 0 Å². The highest BCUT2D eigenvalue weighted by Gasteiger charge is 2.31. The zero-order valence-corrected chi connectivity index (χ0v) is 18.0. The molecule has 1 atom stereocenters. The van der Waals surface area contributed by atoms with Crippen LogP contribution in [0.2, 0.25) is 0 Å². The van der Waals surface area contributed by atoms with Crippen LogP contribution in [0.3, 0.4) is 0 Å². The average molecular weight is 396 g/mol. The molecule has 1 N–H and O–H groups in total. The molecule has 1 amide bonds. The first-order valence-electron chi connectivity index (χ1n) is 9.74. The van der Waals surface area contributed by atoms with Crippen molar-refractivity contribution in [1.29, 1.82) is 0 Å². The number of hydrogen-bond donors (Lipinski definition) is 1. The molecule has 1 heterocycles. The minimum absolute atomic E-state index is 0.0116. The first-order chi connectivity index (χ1) is 12.6. The van der Waals surface area contributed by atoms with E-state index < -0.39 is 10.0 Å². The molecule has 2 rings (SSSR count). The summed E-state index contributed by atoms with van der Waals surface area (Å²) in [5.74, 6) is 0.0116. The van der Waals surface area contributed by atoms with Crippen LogP contribution in [0.5, 0.6) is 0 Å². The molecule has 6 nitrogen and oxygen atoms in total. The Balaban J connectivity index is 1.98. The maximum absolute atomic E-state index is 13.1. The molecule has 0 bridgehead atoms. The lowest BCUT2D eigenvalue weighted by Crippen LogP contribution is -2.51. The number of amides is 1. The molecule has 1 fully saturated rings. The third-order valence-electron chi connectivity index (χ3n) is 5.03. The number of rotatable bonds is 7.